The van der Waals surface area contributed by atoms with Gasteiger partial charge in [0.1, 0.15) is 12.2 Å². The van der Waals surface area contributed by atoms with E-state index < -0.39 is 14.3 Å². The Hall–Kier alpha value is -0.683. The van der Waals surface area contributed by atoms with Crippen LogP contribution in [-0.4, -0.2) is 33.3 Å². The standard InChI is InChI=1S/C16H32O4Si/c1-12(2)9-14(10-13(17)11-15(18)19-6)20-21(7,8)16(3,4)5/h12,14H,9-11H2,1-8H3/t14-/m1/s1. The zero-order valence-corrected chi connectivity index (χ0v) is 15.9. The van der Waals surface area contributed by atoms with Gasteiger partial charge >= 0.3 is 5.97 Å². The molecule has 0 spiro atoms. The molecule has 5 heteroatoms. The van der Waals surface area contributed by atoms with Crippen LogP contribution >= 0.6 is 0 Å². The summed E-state index contributed by atoms with van der Waals surface area (Å²) in [6.45, 7) is 15.2. The van der Waals surface area contributed by atoms with Crippen molar-refractivity contribution in [2.24, 2.45) is 5.92 Å². The number of methoxy groups -OCH3 is 1. The largest absolute Gasteiger partial charge is 0.469 e. The number of ether oxygens (including phenoxy) is 1. The van der Waals surface area contributed by atoms with Gasteiger partial charge in [-0.2, -0.15) is 0 Å². The molecule has 124 valence electrons. The van der Waals surface area contributed by atoms with E-state index in [4.69, 9.17) is 4.43 Å². The van der Waals surface area contributed by atoms with Gasteiger partial charge in [0.15, 0.2) is 8.32 Å². The number of esters is 1. The van der Waals surface area contributed by atoms with Crippen LogP contribution in [0.25, 0.3) is 0 Å². The van der Waals surface area contributed by atoms with Gasteiger partial charge in [-0.15, -0.1) is 0 Å². The normalized spacial score (nSPS) is 14.1. The first-order valence-corrected chi connectivity index (χ1v) is 10.6. The molecule has 0 saturated carbocycles. The molecule has 0 fully saturated rings. The van der Waals surface area contributed by atoms with Crippen LogP contribution < -0.4 is 0 Å². The Bertz CT molecular complexity index is 356. The average molecular weight is 317 g/mol. The first-order chi connectivity index (χ1) is 9.39. The summed E-state index contributed by atoms with van der Waals surface area (Å²) < 4.78 is 10.9. The van der Waals surface area contributed by atoms with E-state index >= 15 is 0 Å². The minimum absolute atomic E-state index is 0.105. The summed E-state index contributed by atoms with van der Waals surface area (Å²) in [6, 6.07) is 0. The van der Waals surface area contributed by atoms with Crippen molar-refractivity contribution in [2.75, 3.05) is 7.11 Å². The second kappa shape index (κ2) is 8.08. The van der Waals surface area contributed by atoms with E-state index in [1.807, 2.05) is 0 Å². The minimum atomic E-state index is -1.92. The third kappa shape index (κ3) is 7.76. The highest BCUT2D eigenvalue weighted by atomic mass is 28.4. The summed E-state index contributed by atoms with van der Waals surface area (Å²) in [5, 5.41) is 0.105. The monoisotopic (exact) mass is 316 g/mol. The Morgan fingerprint density at radius 2 is 1.67 bits per heavy atom. The Kier molecular flexibility index (Phi) is 7.82. The smallest absolute Gasteiger partial charge is 0.313 e. The minimum Gasteiger partial charge on any atom is -0.469 e. The van der Waals surface area contributed by atoms with Gasteiger partial charge in [-0.3, -0.25) is 9.59 Å². The molecular formula is C16H32O4Si. The number of hydrogen-bond donors (Lipinski definition) is 0. The van der Waals surface area contributed by atoms with Crippen molar-refractivity contribution in [3.05, 3.63) is 0 Å². The SMILES string of the molecule is COC(=O)CC(=O)C[C@@H](CC(C)C)O[Si](C)(C)C(C)(C)C. The summed E-state index contributed by atoms with van der Waals surface area (Å²) in [4.78, 5) is 23.2. The molecule has 1 atom stereocenters. The quantitative estimate of drug-likeness (QED) is 0.386. The van der Waals surface area contributed by atoms with Gasteiger partial charge in [-0.25, -0.2) is 0 Å². The summed E-state index contributed by atoms with van der Waals surface area (Å²) >= 11 is 0. The van der Waals surface area contributed by atoms with Gasteiger partial charge in [0.25, 0.3) is 0 Å². The van der Waals surface area contributed by atoms with Gasteiger partial charge in [-0.05, 0) is 30.5 Å². The van der Waals surface area contributed by atoms with Crippen LogP contribution in [-0.2, 0) is 18.8 Å². The van der Waals surface area contributed by atoms with Gasteiger partial charge in [0, 0.05) is 6.42 Å². The Labute approximate surface area is 130 Å². The molecular weight excluding hydrogens is 284 g/mol. The number of carbonyl (C=O) groups excluding carboxylic acids is 2. The summed E-state index contributed by atoms with van der Waals surface area (Å²) in [5.74, 6) is -0.132. The van der Waals surface area contributed by atoms with Crippen LogP contribution in [0.5, 0.6) is 0 Å². The summed E-state index contributed by atoms with van der Waals surface area (Å²) in [5.41, 5.74) is 0. The molecule has 0 aliphatic heterocycles. The maximum atomic E-state index is 12.0. The maximum absolute atomic E-state index is 12.0. The highest BCUT2D eigenvalue weighted by Gasteiger charge is 2.39. The molecule has 0 aliphatic carbocycles. The van der Waals surface area contributed by atoms with Crippen LogP contribution in [0.1, 0.15) is 53.9 Å². The lowest BCUT2D eigenvalue weighted by Crippen LogP contribution is -2.44. The first kappa shape index (κ1) is 20.3. The molecule has 0 unspecified atom stereocenters. The van der Waals surface area contributed by atoms with Crippen molar-refractivity contribution in [1.82, 2.24) is 0 Å². The van der Waals surface area contributed by atoms with E-state index in [-0.39, 0.29) is 23.3 Å². The Balaban J connectivity index is 4.81. The van der Waals surface area contributed by atoms with Gasteiger partial charge in [0.05, 0.1) is 13.2 Å². The second-order valence-electron chi connectivity index (χ2n) is 7.63. The Morgan fingerprint density at radius 3 is 2.05 bits per heavy atom. The second-order valence-corrected chi connectivity index (χ2v) is 12.4. The average Bonchev–Trinajstić information content (AvgIpc) is 2.25. The molecule has 0 aromatic carbocycles. The molecule has 0 radical (unpaired) electrons. The molecule has 0 aromatic heterocycles. The third-order valence-electron chi connectivity index (χ3n) is 4.03. The third-order valence-corrected chi connectivity index (χ3v) is 8.56. The van der Waals surface area contributed by atoms with Crippen LogP contribution in [0.3, 0.4) is 0 Å². The molecule has 0 amide bonds. The number of carbonyl (C=O) groups is 2. The van der Waals surface area contributed by atoms with E-state index in [0.717, 1.165) is 6.42 Å². The van der Waals surface area contributed by atoms with Crippen molar-refractivity contribution in [3.63, 3.8) is 0 Å². The zero-order valence-electron chi connectivity index (χ0n) is 14.9. The number of rotatable bonds is 8. The topological polar surface area (TPSA) is 52.6 Å². The molecule has 0 bridgehead atoms. The number of ketones is 1. The van der Waals surface area contributed by atoms with Crippen molar-refractivity contribution in [3.8, 4) is 0 Å². The lowest BCUT2D eigenvalue weighted by molar-refractivity contribution is -0.143. The number of Topliss-reactive ketones (excluding diaryl/α,β-unsaturated/α-hetero) is 1. The molecule has 21 heavy (non-hydrogen) atoms. The van der Waals surface area contributed by atoms with E-state index in [0.29, 0.717) is 12.3 Å². The lowest BCUT2D eigenvalue weighted by Gasteiger charge is -2.39. The van der Waals surface area contributed by atoms with Crippen molar-refractivity contribution >= 4 is 20.1 Å². The van der Waals surface area contributed by atoms with Crippen molar-refractivity contribution in [2.45, 2.75) is 78.1 Å². The fourth-order valence-corrected chi connectivity index (χ4v) is 3.22. The predicted octanol–water partition coefficient (Wildman–Crippen LogP) is 3.95. The Morgan fingerprint density at radius 1 is 1.14 bits per heavy atom. The fraction of sp³-hybridized carbons (Fsp3) is 0.875. The van der Waals surface area contributed by atoms with Crippen LogP contribution in [0.4, 0.5) is 0 Å². The molecule has 0 rings (SSSR count). The van der Waals surface area contributed by atoms with Gasteiger partial charge < -0.3 is 9.16 Å². The first-order valence-electron chi connectivity index (χ1n) is 7.65. The molecule has 0 N–H and O–H groups in total. The van der Waals surface area contributed by atoms with E-state index in [2.05, 4.69) is 52.4 Å². The maximum Gasteiger partial charge on any atom is 0.313 e. The van der Waals surface area contributed by atoms with Crippen LogP contribution in [0, 0.1) is 5.92 Å². The fourth-order valence-electron chi connectivity index (χ4n) is 1.85. The van der Waals surface area contributed by atoms with Crippen molar-refractivity contribution < 1.29 is 18.8 Å². The molecule has 0 aliphatic rings. The van der Waals surface area contributed by atoms with Crippen LogP contribution in [0.15, 0.2) is 0 Å². The van der Waals surface area contributed by atoms with Gasteiger partial charge in [-0.1, -0.05) is 34.6 Å². The lowest BCUT2D eigenvalue weighted by atomic mass is 10.0. The molecule has 0 heterocycles. The highest BCUT2D eigenvalue weighted by Crippen LogP contribution is 2.38. The number of hydrogen-bond acceptors (Lipinski definition) is 4. The summed E-state index contributed by atoms with van der Waals surface area (Å²) in [7, 11) is -0.619. The summed E-state index contributed by atoms with van der Waals surface area (Å²) in [6.07, 6.45) is 0.855. The van der Waals surface area contributed by atoms with Crippen molar-refractivity contribution in [1.29, 1.82) is 0 Å². The predicted molar refractivity (Wildman–Crippen MR) is 87.8 cm³/mol. The van der Waals surface area contributed by atoms with E-state index in [1.165, 1.54) is 7.11 Å². The van der Waals surface area contributed by atoms with E-state index in [1.54, 1.807) is 0 Å². The van der Waals surface area contributed by atoms with Gasteiger partial charge in [0.2, 0.25) is 0 Å². The molecule has 0 aromatic rings. The molecule has 0 saturated heterocycles. The zero-order chi connectivity index (χ0) is 16.8. The highest BCUT2D eigenvalue weighted by molar-refractivity contribution is 6.74. The molecule has 4 nitrogen and oxygen atoms in total. The van der Waals surface area contributed by atoms with E-state index in [9.17, 15) is 9.59 Å². The van der Waals surface area contributed by atoms with Crippen LogP contribution in [0.2, 0.25) is 18.1 Å².